The minimum absolute atomic E-state index is 0.257. The minimum atomic E-state index is 0.257. The fraction of sp³-hybridized carbons (Fsp3) is 1.00. The van der Waals surface area contributed by atoms with Gasteiger partial charge in [0.2, 0.25) is 0 Å². The summed E-state index contributed by atoms with van der Waals surface area (Å²) in [4.78, 5) is 2.48. The van der Waals surface area contributed by atoms with Gasteiger partial charge in [-0.2, -0.15) is 0 Å². The van der Waals surface area contributed by atoms with Gasteiger partial charge in [-0.25, -0.2) is 0 Å². The third-order valence-electron chi connectivity index (χ3n) is 3.30. The van der Waals surface area contributed by atoms with Crippen molar-refractivity contribution in [3.63, 3.8) is 0 Å². The van der Waals surface area contributed by atoms with Crippen molar-refractivity contribution in [3.05, 3.63) is 0 Å². The standard InChI is InChI=1S/C11H23NO/c1-9-5-6-12(11(2,3)4)7-10(9)8-13/h9-10,13H,5-8H2,1-4H3/t9-,10-/m0/s1. The Bertz CT molecular complexity index is 162. The number of rotatable bonds is 1. The zero-order chi connectivity index (χ0) is 10.1. The summed E-state index contributed by atoms with van der Waals surface area (Å²) in [6.07, 6.45) is 1.22. The summed E-state index contributed by atoms with van der Waals surface area (Å²) >= 11 is 0. The van der Waals surface area contributed by atoms with Gasteiger partial charge in [-0.1, -0.05) is 6.92 Å². The summed E-state index contributed by atoms with van der Waals surface area (Å²) in [5.41, 5.74) is 0.257. The van der Waals surface area contributed by atoms with E-state index in [0.29, 0.717) is 18.4 Å². The van der Waals surface area contributed by atoms with Gasteiger partial charge in [-0.15, -0.1) is 0 Å². The second kappa shape index (κ2) is 3.97. The molecule has 1 saturated heterocycles. The van der Waals surface area contributed by atoms with Gasteiger partial charge >= 0.3 is 0 Å². The molecule has 1 aliphatic rings. The molecular formula is C11H23NO. The zero-order valence-electron chi connectivity index (χ0n) is 9.38. The van der Waals surface area contributed by atoms with Crippen LogP contribution in [0.5, 0.6) is 0 Å². The highest BCUT2D eigenvalue weighted by Gasteiger charge is 2.31. The first kappa shape index (κ1) is 11.0. The van der Waals surface area contributed by atoms with E-state index in [4.69, 9.17) is 0 Å². The Morgan fingerprint density at radius 1 is 1.38 bits per heavy atom. The number of piperidine rings is 1. The highest BCUT2D eigenvalue weighted by atomic mass is 16.3. The van der Waals surface area contributed by atoms with Crippen molar-refractivity contribution in [1.82, 2.24) is 4.90 Å². The number of aliphatic hydroxyl groups excluding tert-OH is 1. The molecule has 2 atom stereocenters. The molecule has 1 rings (SSSR count). The van der Waals surface area contributed by atoms with Crippen LogP contribution in [0, 0.1) is 11.8 Å². The maximum absolute atomic E-state index is 9.22. The third-order valence-corrected chi connectivity index (χ3v) is 3.30. The Morgan fingerprint density at radius 2 is 2.00 bits per heavy atom. The lowest BCUT2D eigenvalue weighted by molar-refractivity contribution is 0.0276. The van der Waals surface area contributed by atoms with E-state index in [-0.39, 0.29) is 5.54 Å². The number of likely N-dealkylation sites (tertiary alicyclic amines) is 1. The van der Waals surface area contributed by atoms with Gasteiger partial charge in [0.25, 0.3) is 0 Å². The maximum atomic E-state index is 9.22. The molecule has 1 aliphatic heterocycles. The number of nitrogens with zero attached hydrogens (tertiary/aromatic N) is 1. The molecule has 0 aromatic carbocycles. The number of hydrogen-bond acceptors (Lipinski definition) is 2. The van der Waals surface area contributed by atoms with Crippen LogP contribution in [0.3, 0.4) is 0 Å². The third kappa shape index (κ3) is 2.68. The lowest BCUT2D eigenvalue weighted by Gasteiger charge is -2.43. The molecular weight excluding hydrogens is 162 g/mol. The van der Waals surface area contributed by atoms with E-state index < -0.39 is 0 Å². The minimum Gasteiger partial charge on any atom is -0.396 e. The highest BCUT2D eigenvalue weighted by molar-refractivity contribution is 4.84. The molecule has 2 heteroatoms. The SMILES string of the molecule is C[C@H]1CCN(C(C)(C)C)C[C@H]1CO. The Balaban J connectivity index is 2.55. The molecule has 1 N–H and O–H groups in total. The first-order valence-corrected chi connectivity index (χ1v) is 5.31. The number of hydrogen-bond donors (Lipinski definition) is 1. The van der Waals surface area contributed by atoms with Crippen LogP contribution in [0.25, 0.3) is 0 Å². The molecule has 0 bridgehead atoms. The Morgan fingerprint density at radius 3 is 2.46 bits per heavy atom. The van der Waals surface area contributed by atoms with Crippen LogP contribution in [-0.4, -0.2) is 35.2 Å². The van der Waals surface area contributed by atoms with Crippen molar-refractivity contribution in [3.8, 4) is 0 Å². The van der Waals surface area contributed by atoms with E-state index in [0.717, 1.165) is 6.54 Å². The molecule has 1 fully saturated rings. The second-order valence-electron chi connectivity index (χ2n) is 5.33. The normalized spacial score (nSPS) is 32.1. The first-order valence-electron chi connectivity index (χ1n) is 5.31. The zero-order valence-corrected chi connectivity index (χ0v) is 9.38. The van der Waals surface area contributed by atoms with Crippen molar-refractivity contribution < 1.29 is 5.11 Å². The smallest absolute Gasteiger partial charge is 0.0474 e. The van der Waals surface area contributed by atoms with Crippen molar-refractivity contribution >= 4 is 0 Å². The van der Waals surface area contributed by atoms with Crippen LogP contribution >= 0.6 is 0 Å². The quantitative estimate of drug-likeness (QED) is 0.672. The Labute approximate surface area is 81.9 Å². The fourth-order valence-corrected chi connectivity index (χ4v) is 2.00. The van der Waals surface area contributed by atoms with Crippen molar-refractivity contribution in [2.24, 2.45) is 11.8 Å². The molecule has 13 heavy (non-hydrogen) atoms. The van der Waals surface area contributed by atoms with E-state index in [1.54, 1.807) is 0 Å². The predicted octanol–water partition coefficient (Wildman–Crippen LogP) is 1.74. The highest BCUT2D eigenvalue weighted by Crippen LogP contribution is 2.27. The van der Waals surface area contributed by atoms with Crippen LogP contribution < -0.4 is 0 Å². The van der Waals surface area contributed by atoms with Crippen LogP contribution in [-0.2, 0) is 0 Å². The molecule has 0 aliphatic carbocycles. The van der Waals surface area contributed by atoms with E-state index >= 15 is 0 Å². The summed E-state index contributed by atoms with van der Waals surface area (Å²) in [7, 11) is 0. The van der Waals surface area contributed by atoms with E-state index in [1.165, 1.54) is 13.0 Å². The van der Waals surface area contributed by atoms with Gasteiger partial charge in [0.1, 0.15) is 0 Å². The van der Waals surface area contributed by atoms with Crippen molar-refractivity contribution in [2.75, 3.05) is 19.7 Å². The Kier molecular flexibility index (Phi) is 3.36. The van der Waals surface area contributed by atoms with E-state index in [2.05, 4.69) is 32.6 Å². The fourth-order valence-electron chi connectivity index (χ4n) is 2.00. The second-order valence-corrected chi connectivity index (χ2v) is 5.33. The van der Waals surface area contributed by atoms with Crippen LogP contribution in [0.2, 0.25) is 0 Å². The predicted molar refractivity (Wildman–Crippen MR) is 55.7 cm³/mol. The van der Waals surface area contributed by atoms with Crippen LogP contribution in [0.15, 0.2) is 0 Å². The van der Waals surface area contributed by atoms with Crippen LogP contribution in [0.4, 0.5) is 0 Å². The molecule has 0 aromatic rings. The average Bonchev–Trinajstić information content (AvgIpc) is 2.03. The van der Waals surface area contributed by atoms with Crippen molar-refractivity contribution in [2.45, 2.75) is 39.7 Å². The topological polar surface area (TPSA) is 23.5 Å². The molecule has 0 unspecified atom stereocenters. The molecule has 0 amide bonds. The van der Waals surface area contributed by atoms with Gasteiger partial charge in [0.15, 0.2) is 0 Å². The monoisotopic (exact) mass is 185 g/mol. The summed E-state index contributed by atoms with van der Waals surface area (Å²) in [6.45, 7) is 11.6. The van der Waals surface area contributed by atoms with Gasteiger partial charge in [-0.3, -0.25) is 4.90 Å². The summed E-state index contributed by atoms with van der Waals surface area (Å²) in [5.74, 6) is 1.16. The Hall–Kier alpha value is -0.0800. The van der Waals surface area contributed by atoms with Crippen LogP contribution in [0.1, 0.15) is 34.1 Å². The van der Waals surface area contributed by atoms with Gasteiger partial charge in [0.05, 0.1) is 0 Å². The molecule has 1 heterocycles. The first-order chi connectivity index (χ1) is 5.95. The van der Waals surface area contributed by atoms with Gasteiger partial charge in [-0.05, 0) is 45.6 Å². The van der Waals surface area contributed by atoms with E-state index in [9.17, 15) is 5.11 Å². The lowest BCUT2D eigenvalue weighted by Crippen LogP contribution is -2.50. The maximum Gasteiger partial charge on any atom is 0.0474 e. The molecule has 0 saturated carbocycles. The van der Waals surface area contributed by atoms with E-state index in [1.807, 2.05) is 0 Å². The molecule has 2 nitrogen and oxygen atoms in total. The lowest BCUT2D eigenvalue weighted by atomic mass is 9.85. The molecule has 78 valence electrons. The summed E-state index contributed by atoms with van der Waals surface area (Å²) < 4.78 is 0. The summed E-state index contributed by atoms with van der Waals surface area (Å²) in [6, 6.07) is 0. The molecule has 0 spiro atoms. The molecule has 0 aromatic heterocycles. The number of aliphatic hydroxyl groups is 1. The average molecular weight is 185 g/mol. The van der Waals surface area contributed by atoms with Gasteiger partial charge in [0, 0.05) is 18.7 Å². The largest absolute Gasteiger partial charge is 0.396 e. The van der Waals surface area contributed by atoms with Crippen molar-refractivity contribution in [1.29, 1.82) is 0 Å². The molecule has 0 radical (unpaired) electrons. The summed E-state index contributed by atoms with van der Waals surface area (Å²) in [5, 5.41) is 9.22. The van der Waals surface area contributed by atoms with Gasteiger partial charge < -0.3 is 5.11 Å².